The molecule has 3 rings (SSSR count). The molecule has 6 nitrogen and oxygen atoms in total. The molecule has 1 fully saturated rings. The van der Waals surface area contributed by atoms with Gasteiger partial charge in [0, 0.05) is 10.5 Å². The van der Waals surface area contributed by atoms with Crippen LogP contribution in [-0.2, 0) is 6.54 Å². The number of rotatable bonds is 4. The highest BCUT2D eigenvalue weighted by Crippen LogP contribution is 2.28. The van der Waals surface area contributed by atoms with Gasteiger partial charge in [0.05, 0.1) is 17.8 Å². The smallest absolute Gasteiger partial charge is 0.170 e. The number of tetrazole rings is 1. The van der Waals surface area contributed by atoms with Gasteiger partial charge in [0.1, 0.15) is 0 Å². The maximum absolute atomic E-state index is 10.3. The molecule has 0 amide bonds. The fraction of sp³-hybridized carbons (Fsp3) is 0.533. The van der Waals surface area contributed by atoms with Crippen LogP contribution in [-0.4, -0.2) is 48.4 Å². The lowest BCUT2D eigenvalue weighted by Crippen LogP contribution is -2.45. The average molecular weight is 366 g/mol. The molecule has 7 heteroatoms. The van der Waals surface area contributed by atoms with Gasteiger partial charge < -0.3 is 5.11 Å². The summed E-state index contributed by atoms with van der Waals surface area (Å²) >= 11 is 3.54. The molecule has 1 aliphatic rings. The van der Waals surface area contributed by atoms with Crippen molar-refractivity contribution in [3.63, 3.8) is 0 Å². The van der Waals surface area contributed by atoms with Gasteiger partial charge in [0.2, 0.25) is 0 Å². The van der Waals surface area contributed by atoms with E-state index in [1.54, 1.807) is 4.68 Å². The molecule has 0 radical (unpaired) electrons. The Balaban J connectivity index is 1.86. The van der Waals surface area contributed by atoms with Crippen LogP contribution in [0.2, 0.25) is 0 Å². The largest absolute Gasteiger partial charge is 0.389 e. The molecule has 118 valence electrons. The summed E-state index contributed by atoms with van der Waals surface area (Å²) in [6.07, 6.45) is 2.09. The van der Waals surface area contributed by atoms with E-state index in [1.807, 2.05) is 38.1 Å². The summed E-state index contributed by atoms with van der Waals surface area (Å²) in [5.41, 5.74) is 0.198. The molecule has 2 aromatic rings. The minimum Gasteiger partial charge on any atom is -0.389 e. The third-order valence-electron chi connectivity index (χ3n) is 4.14. The van der Waals surface area contributed by atoms with Crippen molar-refractivity contribution in [1.29, 1.82) is 0 Å². The summed E-state index contributed by atoms with van der Waals surface area (Å²) in [6, 6.07) is 8.00. The molecule has 1 aromatic carbocycles. The lowest BCUT2D eigenvalue weighted by atomic mass is 9.97. The van der Waals surface area contributed by atoms with Gasteiger partial charge in [-0.15, -0.1) is 5.10 Å². The highest BCUT2D eigenvalue weighted by Gasteiger charge is 2.36. The summed E-state index contributed by atoms with van der Waals surface area (Å²) < 4.78 is 2.70. The molecule has 1 aliphatic heterocycles. The lowest BCUT2D eigenvalue weighted by Gasteiger charge is -2.33. The zero-order valence-corrected chi connectivity index (χ0v) is 14.4. The van der Waals surface area contributed by atoms with Crippen molar-refractivity contribution in [2.75, 3.05) is 6.54 Å². The Morgan fingerprint density at radius 2 is 2.14 bits per heavy atom. The van der Waals surface area contributed by atoms with Crippen LogP contribution < -0.4 is 0 Å². The van der Waals surface area contributed by atoms with E-state index >= 15 is 0 Å². The van der Waals surface area contributed by atoms with E-state index in [4.69, 9.17) is 0 Å². The van der Waals surface area contributed by atoms with Crippen LogP contribution in [0.15, 0.2) is 28.7 Å². The number of likely N-dealkylation sites (tertiary alicyclic amines) is 1. The monoisotopic (exact) mass is 365 g/mol. The van der Waals surface area contributed by atoms with Crippen LogP contribution in [0, 0.1) is 0 Å². The van der Waals surface area contributed by atoms with Gasteiger partial charge >= 0.3 is 0 Å². The number of halogens is 1. The van der Waals surface area contributed by atoms with Gasteiger partial charge in [-0.25, -0.2) is 0 Å². The maximum Gasteiger partial charge on any atom is 0.170 e. The first-order valence-corrected chi connectivity index (χ1v) is 8.24. The molecule has 22 heavy (non-hydrogen) atoms. The molecule has 2 heterocycles. The van der Waals surface area contributed by atoms with Crippen LogP contribution in [0.3, 0.4) is 0 Å². The van der Waals surface area contributed by atoms with Crippen molar-refractivity contribution in [3.05, 3.63) is 34.6 Å². The summed E-state index contributed by atoms with van der Waals surface area (Å²) in [6.45, 7) is 5.32. The van der Waals surface area contributed by atoms with E-state index in [9.17, 15) is 5.11 Å². The molecule has 1 N–H and O–H groups in total. The molecule has 1 atom stereocenters. The second-order valence-corrected chi connectivity index (χ2v) is 7.09. The van der Waals surface area contributed by atoms with E-state index in [0.717, 1.165) is 35.4 Å². The normalized spacial score (nSPS) is 19.7. The minimum atomic E-state index is -0.720. The first-order chi connectivity index (χ1) is 10.5. The summed E-state index contributed by atoms with van der Waals surface area (Å²) in [5, 5.41) is 22.4. The van der Waals surface area contributed by atoms with Gasteiger partial charge in [-0.3, -0.25) is 4.90 Å². The Morgan fingerprint density at radius 3 is 2.86 bits per heavy atom. The molecule has 0 saturated carbocycles. The van der Waals surface area contributed by atoms with E-state index < -0.39 is 5.60 Å². The van der Waals surface area contributed by atoms with Crippen molar-refractivity contribution in [2.45, 2.75) is 44.9 Å². The zero-order chi connectivity index (χ0) is 15.7. The van der Waals surface area contributed by atoms with Gasteiger partial charge in [-0.2, -0.15) is 4.68 Å². The predicted octanol–water partition coefficient (Wildman–Crippen LogP) is 2.16. The van der Waals surface area contributed by atoms with E-state index in [2.05, 4.69) is 36.4 Å². The minimum absolute atomic E-state index is 0.136. The average Bonchev–Trinajstić information content (AvgIpc) is 3.08. The Bertz CT molecular complexity index is 651. The van der Waals surface area contributed by atoms with Crippen LogP contribution in [0.25, 0.3) is 5.69 Å². The summed E-state index contributed by atoms with van der Waals surface area (Å²) in [5.74, 6) is 0.781. The predicted molar refractivity (Wildman–Crippen MR) is 86.6 cm³/mol. The van der Waals surface area contributed by atoms with Crippen LogP contribution in [0.4, 0.5) is 0 Å². The number of para-hydroxylation sites is 1. The number of hydrogen-bond donors (Lipinski definition) is 1. The molecule has 1 saturated heterocycles. The number of nitrogens with zero attached hydrogens (tertiary/aromatic N) is 5. The van der Waals surface area contributed by atoms with E-state index in [-0.39, 0.29) is 6.04 Å². The molecule has 1 aromatic heterocycles. The quantitative estimate of drug-likeness (QED) is 0.898. The highest BCUT2D eigenvalue weighted by molar-refractivity contribution is 9.10. The van der Waals surface area contributed by atoms with Crippen LogP contribution in [0.1, 0.15) is 32.5 Å². The fourth-order valence-electron chi connectivity index (χ4n) is 3.11. The second kappa shape index (κ2) is 6.06. The first kappa shape index (κ1) is 15.6. The number of aliphatic hydroxyl groups is 1. The zero-order valence-electron chi connectivity index (χ0n) is 12.8. The Hall–Kier alpha value is -1.31. The van der Waals surface area contributed by atoms with Crippen molar-refractivity contribution in [1.82, 2.24) is 25.1 Å². The van der Waals surface area contributed by atoms with Gasteiger partial charge in [0.15, 0.2) is 5.82 Å². The molecule has 0 spiro atoms. The maximum atomic E-state index is 10.3. The van der Waals surface area contributed by atoms with Gasteiger partial charge in [-0.05, 0) is 71.7 Å². The standard InChI is InChI=1S/C15H20BrN5O/c1-15(2,22)13-8-5-9-20(13)10-14-17-18-19-21(14)12-7-4-3-6-11(12)16/h3-4,6-7,13,22H,5,8-10H2,1-2H3/t13-/m0/s1. The first-order valence-electron chi connectivity index (χ1n) is 7.45. The third kappa shape index (κ3) is 3.06. The van der Waals surface area contributed by atoms with Crippen molar-refractivity contribution in [2.24, 2.45) is 0 Å². The van der Waals surface area contributed by atoms with Gasteiger partial charge in [0.25, 0.3) is 0 Å². The lowest BCUT2D eigenvalue weighted by molar-refractivity contribution is -0.00594. The van der Waals surface area contributed by atoms with E-state index in [1.165, 1.54) is 0 Å². The molecular weight excluding hydrogens is 346 g/mol. The van der Waals surface area contributed by atoms with Crippen molar-refractivity contribution >= 4 is 15.9 Å². The Labute approximate surface area is 138 Å². The Morgan fingerprint density at radius 1 is 1.36 bits per heavy atom. The topological polar surface area (TPSA) is 67.1 Å². The van der Waals surface area contributed by atoms with Crippen molar-refractivity contribution in [3.8, 4) is 5.69 Å². The fourth-order valence-corrected chi connectivity index (χ4v) is 3.56. The Kier molecular flexibility index (Phi) is 4.29. The summed E-state index contributed by atoms with van der Waals surface area (Å²) in [4.78, 5) is 2.26. The van der Waals surface area contributed by atoms with Crippen LogP contribution in [0.5, 0.6) is 0 Å². The number of hydrogen-bond acceptors (Lipinski definition) is 5. The summed E-state index contributed by atoms with van der Waals surface area (Å²) in [7, 11) is 0. The second-order valence-electron chi connectivity index (χ2n) is 6.24. The van der Waals surface area contributed by atoms with Crippen LogP contribution >= 0.6 is 15.9 Å². The molecular formula is C15H20BrN5O. The number of aromatic nitrogens is 4. The SMILES string of the molecule is CC(C)(O)[C@@H]1CCCN1Cc1nnnn1-c1ccccc1Br. The van der Waals surface area contributed by atoms with Crippen molar-refractivity contribution < 1.29 is 5.11 Å². The van der Waals surface area contributed by atoms with Gasteiger partial charge in [-0.1, -0.05) is 12.1 Å². The molecule has 0 unspecified atom stereocenters. The molecule has 0 bridgehead atoms. The molecule has 0 aliphatic carbocycles. The third-order valence-corrected chi connectivity index (χ3v) is 4.81. The van der Waals surface area contributed by atoms with E-state index in [0.29, 0.717) is 6.54 Å². The highest BCUT2D eigenvalue weighted by atomic mass is 79.9. The number of benzene rings is 1.